The highest BCUT2D eigenvalue weighted by atomic mass is 35.5. The molecule has 0 aliphatic rings. The molecule has 0 unspecified atom stereocenters. The van der Waals surface area contributed by atoms with E-state index >= 15 is 0 Å². The molecule has 0 radical (unpaired) electrons. The maximum absolute atomic E-state index is 11.5. The molecule has 0 fully saturated rings. The third kappa shape index (κ3) is 2.53. The Labute approximate surface area is 104 Å². The summed E-state index contributed by atoms with van der Waals surface area (Å²) in [4.78, 5) is 22.6. The van der Waals surface area contributed by atoms with Crippen LogP contribution < -0.4 is 5.56 Å². The van der Waals surface area contributed by atoms with Crippen LogP contribution in [-0.2, 0) is 12.3 Å². The van der Waals surface area contributed by atoms with Gasteiger partial charge in [0.25, 0.3) is 5.56 Å². The molecule has 2 rings (SSSR count). The highest BCUT2D eigenvalue weighted by molar-refractivity contribution is 6.16. The fourth-order valence-corrected chi connectivity index (χ4v) is 1.78. The van der Waals surface area contributed by atoms with Crippen molar-refractivity contribution in [3.05, 3.63) is 46.1 Å². The minimum atomic E-state index is -0.190. The lowest BCUT2D eigenvalue weighted by atomic mass is 10.1. The molecule has 0 amide bonds. The number of aromatic nitrogens is 3. The fraction of sp³-hybridized carbons (Fsp3) is 0.250. The number of hydrogen-bond acceptors (Lipinski definition) is 3. The molecule has 0 saturated carbocycles. The van der Waals surface area contributed by atoms with Crippen LogP contribution in [0.4, 0.5) is 0 Å². The van der Waals surface area contributed by atoms with Crippen LogP contribution >= 0.6 is 11.6 Å². The van der Waals surface area contributed by atoms with Gasteiger partial charge in [-0.15, -0.1) is 11.6 Å². The van der Waals surface area contributed by atoms with Gasteiger partial charge in [-0.25, -0.2) is 4.98 Å². The molecule has 0 aromatic carbocycles. The lowest BCUT2D eigenvalue weighted by molar-refractivity contribution is 1.03. The van der Waals surface area contributed by atoms with Crippen molar-refractivity contribution in [3.63, 3.8) is 0 Å². The first-order valence-corrected chi connectivity index (χ1v) is 5.87. The summed E-state index contributed by atoms with van der Waals surface area (Å²) in [6, 6.07) is 3.25. The van der Waals surface area contributed by atoms with Crippen molar-refractivity contribution in [2.75, 3.05) is 0 Å². The Kier molecular flexibility index (Phi) is 3.54. The number of pyridine rings is 1. The van der Waals surface area contributed by atoms with Crippen LogP contribution in [0.5, 0.6) is 0 Å². The topological polar surface area (TPSA) is 58.6 Å². The van der Waals surface area contributed by atoms with Crippen LogP contribution in [0.15, 0.2) is 29.3 Å². The number of nitrogens with one attached hydrogen (secondary N) is 1. The Morgan fingerprint density at radius 3 is 3.00 bits per heavy atom. The summed E-state index contributed by atoms with van der Waals surface area (Å²) in [5.41, 5.74) is 2.32. The summed E-state index contributed by atoms with van der Waals surface area (Å²) < 4.78 is 0. The molecular weight excluding hydrogens is 238 g/mol. The van der Waals surface area contributed by atoms with Crippen molar-refractivity contribution in [2.24, 2.45) is 0 Å². The van der Waals surface area contributed by atoms with E-state index in [1.54, 1.807) is 12.4 Å². The summed E-state index contributed by atoms with van der Waals surface area (Å²) in [6.07, 6.45) is 4.29. The van der Waals surface area contributed by atoms with Gasteiger partial charge in [0, 0.05) is 24.0 Å². The van der Waals surface area contributed by atoms with E-state index in [1.807, 2.05) is 13.0 Å². The Balaban J connectivity index is 2.59. The van der Waals surface area contributed by atoms with Crippen LogP contribution in [0.2, 0.25) is 0 Å². The van der Waals surface area contributed by atoms with Gasteiger partial charge in [-0.1, -0.05) is 6.92 Å². The molecule has 0 atom stereocenters. The van der Waals surface area contributed by atoms with Gasteiger partial charge >= 0.3 is 0 Å². The molecule has 2 heterocycles. The molecular formula is C12H12ClN3O. The van der Waals surface area contributed by atoms with Crippen molar-refractivity contribution in [2.45, 2.75) is 19.2 Å². The van der Waals surface area contributed by atoms with Gasteiger partial charge < -0.3 is 4.98 Å². The van der Waals surface area contributed by atoms with Crippen LogP contribution in [0.25, 0.3) is 11.4 Å². The minimum Gasteiger partial charge on any atom is -0.307 e. The van der Waals surface area contributed by atoms with Crippen molar-refractivity contribution in [1.29, 1.82) is 0 Å². The number of nitrogens with zero attached hydrogens (tertiary/aromatic N) is 2. The number of H-pyrrole nitrogens is 1. The molecule has 0 spiro atoms. The largest absolute Gasteiger partial charge is 0.307 e. The molecule has 0 saturated heterocycles. The number of rotatable bonds is 3. The second-order valence-electron chi connectivity index (χ2n) is 3.61. The van der Waals surface area contributed by atoms with Crippen molar-refractivity contribution < 1.29 is 0 Å². The van der Waals surface area contributed by atoms with Gasteiger partial charge in [0.15, 0.2) is 0 Å². The maximum Gasteiger partial charge on any atom is 0.251 e. The maximum atomic E-state index is 11.5. The molecule has 5 heteroatoms. The quantitative estimate of drug-likeness (QED) is 0.848. The van der Waals surface area contributed by atoms with Crippen molar-refractivity contribution in [3.8, 4) is 11.4 Å². The Morgan fingerprint density at radius 1 is 1.47 bits per heavy atom. The SMILES string of the molecule is CCc1cnccc1-c1nc(CCl)cc(=O)[nH]1. The van der Waals surface area contributed by atoms with E-state index in [-0.39, 0.29) is 11.4 Å². The van der Waals surface area contributed by atoms with Crippen molar-refractivity contribution >= 4 is 11.6 Å². The van der Waals surface area contributed by atoms with E-state index in [4.69, 9.17) is 11.6 Å². The molecule has 2 aromatic rings. The summed E-state index contributed by atoms with van der Waals surface area (Å²) in [5, 5.41) is 0. The monoisotopic (exact) mass is 249 g/mol. The highest BCUT2D eigenvalue weighted by Gasteiger charge is 2.07. The molecule has 0 aliphatic carbocycles. The Hall–Kier alpha value is -1.68. The summed E-state index contributed by atoms with van der Waals surface area (Å²) in [5.74, 6) is 0.774. The normalized spacial score (nSPS) is 10.5. The molecule has 0 aliphatic heterocycles. The number of aromatic amines is 1. The van der Waals surface area contributed by atoms with Gasteiger partial charge in [-0.3, -0.25) is 9.78 Å². The first kappa shape index (κ1) is 11.8. The predicted molar refractivity (Wildman–Crippen MR) is 67.0 cm³/mol. The third-order valence-electron chi connectivity index (χ3n) is 2.47. The Bertz CT molecular complexity index is 580. The van der Waals surface area contributed by atoms with Crippen LogP contribution in [0.3, 0.4) is 0 Å². The number of alkyl halides is 1. The summed E-state index contributed by atoms with van der Waals surface area (Å²) in [6.45, 7) is 2.03. The molecule has 88 valence electrons. The molecule has 4 nitrogen and oxygen atoms in total. The minimum absolute atomic E-state index is 0.190. The second kappa shape index (κ2) is 5.10. The van der Waals surface area contributed by atoms with E-state index in [0.717, 1.165) is 17.5 Å². The molecule has 0 bridgehead atoms. The molecule has 1 N–H and O–H groups in total. The average molecular weight is 250 g/mol. The first-order chi connectivity index (χ1) is 8.24. The fourth-order valence-electron chi connectivity index (χ4n) is 1.64. The van der Waals surface area contributed by atoms with E-state index in [0.29, 0.717) is 11.5 Å². The Morgan fingerprint density at radius 2 is 2.29 bits per heavy atom. The van der Waals surface area contributed by atoms with Crippen LogP contribution in [0, 0.1) is 0 Å². The highest BCUT2D eigenvalue weighted by Crippen LogP contribution is 2.18. The zero-order valence-corrected chi connectivity index (χ0v) is 10.2. The lowest BCUT2D eigenvalue weighted by Gasteiger charge is -2.06. The lowest BCUT2D eigenvalue weighted by Crippen LogP contribution is -2.10. The summed E-state index contributed by atoms with van der Waals surface area (Å²) in [7, 11) is 0. The molecule has 2 aromatic heterocycles. The average Bonchev–Trinajstić information content (AvgIpc) is 2.37. The van der Waals surface area contributed by atoms with Crippen LogP contribution in [-0.4, -0.2) is 15.0 Å². The van der Waals surface area contributed by atoms with Gasteiger partial charge in [0.2, 0.25) is 0 Å². The smallest absolute Gasteiger partial charge is 0.251 e. The number of aryl methyl sites for hydroxylation is 1. The number of hydrogen-bond donors (Lipinski definition) is 1. The van der Waals surface area contributed by atoms with E-state index in [2.05, 4.69) is 15.0 Å². The van der Waals surface area contributed by atoms with E-state index in [1.165, 1.54) is 6.07 Å². The van der Waals surface area contributed by atoms with E-state index < -0.39 is 0 Å². The molecule has 17 heavy (non-hydrogen) atoms. The second-order valence-corrected chi connectivity index (χ2v) is 3.87. The zero-order chi connectivity index (χ0) is 12.3. The van der Waals surface area contributed by atoms with E-state index in [9.17, 15) is 4.79 Å². The van der Waals surface area contributed by atoms with Gasteiger partial charge in [-0.05, 0) is 18.1 Å². The predicted octanol–water partition coefficient (Wildman–Crippen LogP) is 2.13. The van der Waals surface area contributed by atoms with Crippen molar-refractivity contribution in [1.82, 2.24) is 15.0 Å². The van der Waals surface area contributed by atoms with Gasteiger partial charge in [0.1, 0.15) is 5.82 Å². The van der Waals surface area contributed by atoms with Crippen LogP contribution in [0.1, 0.15) is 18.2 Å². The number of halogens is 1. The standard InChI is InChI=1S/C12H12ClN3O/c1-2-8-7-14-4-3-10(8)12-15-9(6-13)5-11(17)16-12/h3-5,7H,2,6H2,1H3,(H,15,16,17). The van der Waals surface area contributed by atoms with Gasteiger partial charge in [0.05, 0.1) is 11.6 Å². The summed E-state index contributed by atoms with van der Waals surface area (Å²) >= 11 is 5.70. The first-order valence-electron chi connectivity index (χ1n) is 5.34. The van der Waals surface area contributed by atoms with Gasteiger partial charge in [-0.2, -0.15) is 0 Å². The zero-order valence-electron chi connectivity index (χ0n) is 9.40. The third-order valence-corrected chi connectivity index (χ3v) is 2.75.